The van der Waals surface area contributed by atoms with Gasteiger partial charge in [-0.2, -0.15) is 0 Å². The number of ether oxygens (including phenoxy) is 2. The molecule has 0 bridgehead atoms. The Hall–Kier alpha value is -2.77. The first-order valence-electron chi connectivity index (χ1n) is 7.32. The standard InChI is InChI=1S/C16H22N2O6/c1-11(13(19)20)18(17-14(21)24-16(2,3)4)15(22)23-10-12-8-6-5-7-9-12/h5-9,11H,10H2,1-4H3,(H,17,21)(H,19,20)/t11-/m0/s1. The minimum absolute atomic E-state index is 0.0570. The molecule has 0 saturated carbocycles. The van der Waals surface area contributed by atoms with E-state index in [1.165, 1.54) is 6.92 Å². The highest BCUT2D eigenvalue weighted by molar-refractivity contribution is 5.81. The number of benzene rings is 1. The zero-order valence-electron chi connectivity index (χ0n) is 14.1. The van der Waals surface area contributed by atoms with Crippen molar-refractivity contribution in [1.82, 2.24) is 10.4 Å². The number of hydrogen-bond donors (Lipinski definition) is 2. The lowest BCUT2D eigenvalue weighted by Gasteiger charge is -2.27. The number of hydrazine groups is 1. The van der Waals surface area contributed by atoms with E-state index >= 15 is 0 Å². The van der Waals surface area contributed by atoms with E-state index in [1.54, 1.807) is 45.0 Å². The molecule has 0 radical (unpaired) electrons. The van der Waals surface area contributed by atoms with Gasteiger partial charge in [-0.05, 0) is 33.3 Å². The Labute approximate surface area is 140 Å². The molecule has 8 heteroatoms. The maximum absolute atomic E-state index is 12.1. The molecule has 1 atom stereocenters. The lowest BCUT2D eigenvalue weighted by Crippen LogP contribution is -2.54. The Morgan fingerprint density at radius 1 is 1.21 bits per heavy atom. The average molecular weight is 338 g/mol. The minimum Gasteiger partial charge on any atom is -0.480 e. The van der Waals surface area contributed by atoms with Gasteiger partial charge in [0, 0.05) is 0 Å². The van der Waals surface area contributed by atoms with Gasteiger partial charge in [-0.15, -0.1) is 0 Å². The molecule has 0 aliphatic carbocycles. The van der Waals surface area contributed by atoms with Crippen molar-refractivity contribution in [2.45, 2.75) is 45.9 Å². The molecule has 0 saturated heterocycles. The van der Waals surface area contributed by atoms with Crippen LogP contribution in [-0.4, -0.2) is 39.9 Å². The molecule has 0 aliphatic rings. The Balaban J connectivity index is 2.75. The Morgan fingerprint density at radius 3 is 2.29 bits per heavy atom. The molecule has 0 aliphatic heterocycles. The van der Waals surface area contributed by atoms with Crippen LogP contribution in [-0.2, 0) is 20.9 Å². The van der Waals surface area contributed by atoms with E-state index in [9.17, 15) is 14.4 Å². The summed E-state index contributed by atoms with van der Waals surface area (Å²) in [4.78, 5) is 35.1. The summed E-state index contributed by atoms with van der Waals surface area (Å²) in [6.45, 7) is 6.11. The summed E-state index contributed by atoms with van der Waals surface area (Å²) in [6, 6.07) is 7.54. The van der Waals surface area contributed by atoms with E-state index in [1.807, 2.05) is 6.07 Å². The number of rotatable bonds is 4. The monoisotopic (exact) mass is 338 g/mol. The number of carboxylic acid groups (broad SMARTS) is 1. The molecule has 1 aromatic rings. The second-order valence-corrected chi connectivity index (χ2v) is 6.04. The van der Waals surface area contributed by atoms with Crippen LogP contribution < -0.4 is 5.43 Å². The van der Waals surface area contributed by atoms with Crippen LogP contribution in [0.4, 0.5) is 9.59 Å². The molecule has 132 valence electrons. The summed E-state index contributed by atoms with van der Waals surface area (Å²) < 4.78 is 10.1. The van der Waals surface area contributed by atoms with E-state index in [4.69, 9.17) is 14.6 Å². The topological polar surface area (TPSA) is 105 Å². The van der Waals surface area contributed by atoms with Gasteiger partial charge in [-0.1, -0.05) is 30.3 Å². The first kappa shape index (κ1) is 19.3. The van der Waals surface area contributed by atoms with Crippen molar-refractivity contribution in [3.63, 3.8) is 0 Å². The fraction of sp³-hybridized carbons (Fsp3) is 0.438. The first-order valence-corrected chi connectivity index (χ1v) is 7.32. The van der Waals surface area contributed by atoms with Gasteiger partial charge >= 0.3 is 18.2 Å². The number of hydrogen-bond acceptors (Lipinski definition) is 5. The number of amides is 2. The van der Waals surface area contributed by atoms with E-state index in [0.29, 0.717) is 5.01 Å². The number of carbonyl (C=O) groups is 3. The Kier molecular flexibility index (Phi) is 6.58. The van der Waals surface area contributed by atoms with E-state index in [0.717, 1.165) is 5.56 Å². The van der Waals surface area contributed by atoms with Gasteiger partial charge in [0.05, 0.1) is 0 Å². The summed E-state index contributed by atoms with van der Waals surface area (Å²) in [5.41, 5.74) is 2.04. The molecule has 0 heterocycles. The van der Waals surface area contributed by atoms with Crippen molar-refractivity contribution in [3.05, 3.63) is 35.9 Å². The van der Waals surface area contributed by atoms with Crippen LogP contribution in [0.2, 0.25) is 0 Å². The molecule has 0 unspecified atom stereocenters. The van der Waals surface area contributed by atoms with E-state index in [-0.39, 0.29) is 6.61 Å². The summed E-state index contributed by atoms with van der Waals surface area (Å²) in [5, 5.41) is 9.67. The largest absolute Gasteiger partial charge is 0.480 e. The van der Waals surface area contributed by atoms with Gasteiger partial charge in [0.25, 0.3) is 0 Å². The van der Waals surface area contributed by atoms with Crippen LogP contribution in [0.3, 0.4) is 0 Å². The molecule has 0 fully saturated rings. The lowest BCUT2D eigenvalue weighted by molar-refractivity contribution is -0.143. The number of nitrogens with one attached hydrogen (secondary N) is 1. The molecule has 1 rings (SSSR count). The second-order valence-electron chi connectivity index (χ2n) is 6.04. The smallest absolute Gasteiger partial charge is 0.429 e. The Morgan fingerprint density at radius 2 is 1.79 bits per heavy atom. The Bertz CT molecular complexity index is 582. The molecule has 8 nitrogen and oxygen atoms in total. The fourth-order valence-electron chi connectivity index (χ4n) is 1.60. The maximum Gasteiger partial charge on any atom is 0.429 e. The van der Waals surface area contributed by atoms with Gasteiger partial charge < -0.3 is 14.6 Å². The van der Waals surface area contributed by atoms with Crippen LogP contribution in [0.15, 0.2) is 30.3 Å². The van der Waals surface area contributed by atoms with Crippen LogP contribution in [0.1, 0.15) is 33.3 Å². The predicted molar refractivity (Wildman–Crippen MR) is 84.9 cm³/mol. The lowest BCUT2D eigenvalue weighted by atomic mass is 10.2. The highest BCUT2D eigenvalue weighted by atomic mass is 16.6. The number of aliphatic carboxylic acids is 1. The van der Waals surface area contributed by atoms with Crippen molar-refractivity contribution in [3.8, 4) is 0 Å². The quantitative estimate of drug-likeness (QED) is 0.817. The van der Waals surface area contributed by atoms with Crippen molar-refractivity contribution in [1.29, 1.82) is 0 Å². The molecular weight excluding hydrogens is 316 g/mol. The molecular formula is C16H22N2O6. The van der Waals surface area contributed by atoms with Crippen LogP contribution >= 0.6 is 0 Å². The number of carbonyl (C=O) groups excluding carboxylic acids is 2. The van der Waals surface area contributed by atoms with Crippen LogP contribution in [0.25, 0.3) is 0 Å². The van der Waals surface area contributed by atoms with Gasteiger partial charge in [-0.25, -0.2) is 24.8 Å². The molecule has 1 aromatic carbocycles. The molecule has 24 heavy (non-hydrogen) atoms. The summed E-state index contributed by atoms with van der Waals surface area (Å²) >= 11 is 0. The van der Waals surface area contributed by atoms with E-state index in [2.05, 4.69) is 5.43 Å². The maximum atomic E-state index is 12.1. The summed E-state index contributed by atoms with van der Waals surface area (Å²) in [7, 11) is 0. The SMILES string of the molecule is C[C@@H](C(=O)O)N(NC(=O)OC(C)(C)C)C(=O)OCc1ccccc1. The summed E-state index contributed by atoms with van der Waals surface area (Å²) in [6.07, 6.45) is -1.95. The second kappa shape index (κ2) is 8.19. The van der Waals surface area contributed by atoms with Crippen molar-refractivity contribution in [2.24, 2.45) is 0 Å². The third kappa shape index (κ3) is 6.55. The molecule has 2 amide bonds. The van der Waals surface area contributed by atoms with Gasteiger partial charge in [-0.3, -0.25) is 0 Å². The van der Waals surface area contributed by atoms with Crippen LogP contribution in [0, 0.1) is 0 Å². The van der Waals surface area contributed by atoms with Crippen molar-refractivity contribution >= 4 is 18.2 Å². The van der Waals surface area contributed by atoms with Gasteiger partial charge in [0.15, 0.2) is 6.04 Å². The highest BCUT2D eigenvalue weighted by Crippen LogP contribution is 2.09. The summed E-state index contributed by atoms with van der Waals surface area (Å²) in [5.74, 6) is -1.30. The third-order valence-electron chi connectivity index (χ3n) is 2.76. The predicted octanol–water partition coefficient (Wildman–Crippen LogP) is 2.54. The number of nitrogens with zero attached hydrogens (tertiary/aromatic N) is 1. The van der Waals surface area contributed by atoms with Crippen molar-refractivity contribution < 1.29 is 29.0 Å². The van der Waals surface area contributed by atoms with Crippen LogP contribution in [0.5, 0.6) is 0 Å². The van der Waals surface area contributed by atoms with E-state index < -0.39 is 29.8 Å². The zero-order valence-corrected chi connectivity index (χ0v) is 14.1. The fourth-order valence-corrected chi connectivity index (χ4v) is 1.60. The molecule has 2 N–H and O–H groups in total. The third-order valence-corrected chi connectivity index (χ3v) is 2.76. The van der Waals surface area contributed by atoms with Gasteiger partial charge in [0.1, 0.15) is 12.2 Å². The molecule has 0 spiro atoms. The normalized spacial score (nSPS) is 12.0. The minimum atomic E-state index is -1.33. The molecule has 0 aromatic heterocycles. The zero-order chi connectivity index (χ0) is 18.3. The number of carboxylic acids is 1. The average Bonchev–Trinajstić information content (AvgIpc) is 2.48. The van der Waals surface area contributed by atoms with Gasteiger partial charge in [0.2, 0.25) is 0 Å². The highest BCUT2D eigenvalue weighted by Gasteiger charge is 2.30. The first-order chi connectivity index (χ1) is 11.1. The van der Waals surface area contributed by atoms with Crippen molar-refractivity contribution in [2.75, 3.05) is 0 Å².